The van der Waals surface area contributed by atoms with Gasteiger partial charge in [-0.2, -0.15) is 5.26 Å². The van der Waals surface area contributed by atoms with Gasteiger partial charge in [-0.3, -0.25) is 4.79 Å². The second kappa shape index (κ2) is 5.77. The summed E-state index contributed by atoms with van der Waals surface area (Å²) >= 11 is 5.89. The minimum absolute atomic E-state index is 0.109. The molecule has 0 radical (unpaired) electrons. The van der Waals surface area contributed by atoms with E-state index in [4.69, 9.17) is 16.9 Å². The number of ketones is 1. The zero-order chi connectivity index (χ0) is 14.7. The molecule has 100 valence electrons. The lowest BCUT2D eigenvalue weighted by molar-refractivity contribution is -0.113. The predicted molar refractivity (Wildman–Crippen MR) is 78.6 cm³/mol. The number of benzene rings is 1. The summed E-state index contributed by atoms with van der Waals surface area (Å²) in [5, 5.41) is 9.78. The summed E-state index contributed by atoms with van der Waals surface area (Å²) in [5.74, 6) is -0.109. The number of nitrogens with zero attached hydrogens (tertiary/aromatic N) is 2. The first kappa shape index (κ1) is 14.1. The first-order valence-electron chi connectivity index (χ1n) is 6.06. The third kappa shape index (κ3) is 2.66. The number of hydrogen-bond donors (Lipinski definition) is 0. The fraction of sp³-hybridized carbons (Fsp3) is 0.125. The van der Waals surface area contributed by atoms with E-state index >= 15 is 0 Å². The largest absolute Gasteiger partial charge is 0.328 e. The Bertz CT molecular complexity index is 692. The summed E-state index contributed by atoms with van der Waals surface area (Å²) < 4.78 is 1.74. The molecule has 0 bridgehead atoms. The Morgan fingerprint density at radius 3 is 2.55 bits per heavy atom. The van der Waals surface area contributed by atoms with E-state index in [1.807, 2.05) is 12.1 Å². The van der Waals surface area contributed by atoms with E-state index in [0.29, 0.717) is 16.3 Å². The van der Waals surface area contributed by atoms with Gasteiger partial charge in [-0.15, -0.1) is 0 Å². The number of carbonyl (C=O) groups is 1. The Labute approximate surface area is 122 Å². The number of rotatable bonds is 4. The number of Topliss-reactive ketones (excluding diaryl/α,β-unsaturated/α-hetero) is 1. The van der Waals surface area contributed by atoms with Crippen LogP contribution in [0.4, 0.5) is 0 Å². The molecule has 2 rings (SSSR count). The second-order valence-electron chi connectivity index (χ2n) is 4.45. The molecule has 0 amide bonds. The van der Waals surface area contributed by atoms with Gasteiger partial charge in [0.25, 0.3) is 0 Å². The summed E-state index contributed by atoms with van der Waals surface area (Å²) in [4.78, 5) is 11.7. The molecule has 0 spiro atoms. The van der Waals surface area contributed by atoms with Crippen LogP contribution in [0.2, 0.25) is 5.02 Å². The molecule has 1 heterocycles. The Morgan fingerprint density at radius 1 is 1.35 bits per heavy atom. The Hall–Kier alpha value is -2.31. The van der Waals surface area contributed by atoms with Gasteiger partial charge in [-0.05, 0) is 36.8 Å². The molecular formula is C16H13ClN2O. The Morgan fingerprint density at radius 2 is 2.00 bits per heavy atom. The second-order valence-corrected chi connectivity index (χ2v) is 4.88. The minimum Gasteiger partial charge on any atom is -0.328 e. The summed E-state index contributed by atoms with van der Waals surface area (Å²) in [6.07, 6.45) is 1.77. The van der Waals surface area contributed by atoms with Gasteiger partial charge in [0.1, 0.15) is 11.8 Å². The van der Waals surface area contributed by atoms with Crippen molar-refractivity contribution in [2.45, 2.75) is 13.0 Å². The highest BCUT2D eigenvalue weighted by Gasteiger charge is 2.21. The van der Waals surface area contributed by atoms with Gasteiger partial charge in [0, 0.05) is 16.8 Å². The van der Waals surface area contributed by atoms with Gasteiger partial charge in [0.2, 0.25) is 0 Å². The lowest BCUT2D eigenvalue weighted by Gasteiger charge is -2.21. The molecule has 20 heavy (non-hydrogen) atoms. The molecule has 1 aromatic carbocycles. The van der Waals surface area contributed by atoms with Gasteiger partial charge in [-0.25, -0.2) is 0 Å². The van der Waals surface area contributed by atoms with Gasteiger partial charge < -0.3 is 4.57 Å². The van der Waals surface area contributed by atoms with E-state index < -0.39 is 6.04 Å². The smallest absolute Gasteiger partial charge is 0.157 e. The lowest BCUT2D eigenvalue weighted by atomic mass is 9.97. The number of aromatic nitrogens is 1. The van der Waals surface area contributed by atoms with Crippen molar-refractivity contribution < 1.29 is 4.79 Å². The highest BCUT2D eigenvalue weighted by atomic mass is 35.5. The lowest BCUT2D eigenvalue weighted by Crippen LogP contribution is -2.17. The number of hydrogen-bond acceptors (Lipinski definition) is 2. The average Bonchev–Trinajstić information content (AvgIpc) is 2.89. The van der Waals surface area contributed by atoms with E-state index in [-0.39, 0.29) is 5.78 Å². The molecule has 0 saturated carbocycles. The zero-order valence-electron chi connectivity index (χ0n) is 11.0. The zero-order valence-corrected chi connectivity index (χ0v) is 11.8. The van der Waals surface area contributed by atoms with Crippen LogP contribution in [0.1, 0.15) is 24.2 Å². The van der Waals surface area contributed by atoms with Crippen LogP contribution in [-0.4, -0.2) is 10.4 Å². The van der Waals surface area contributed by atoms with Crippen molar-refractivity contribution in [3.8, 4) is 6.07 Å². The van der Waals surface area contributed by atoms with Crippen molar-refractivity contribution in [3.05, 3.63) is 71.0 Å². The van der Waals surface area contributed by atoms with Crippen molar-refractivity contribution in [2.24, 2.45) is 0 Å². The predicted octanol–water partition coefficient (Wildman–Crippen LogP) is 3.75. The molecule has 0 saturated heterocycles. The average molecular weight is 285 g/mol. The van der Waals surface area contributed by atoms with Crippen LogP contribution < -0.4 is 0 Å². The van der Waals surface area contributed by atoms with Crippen LogP contribution in [0.15, 0.2) is 54.7 Å². The molecule has 0 aliphatic rings. The van der Waals surface area contributed by atoms with Gasteiger partial charge in [0.15, 0.2) is 5.78 Å². The summed E-state index contributed by atoms with van der Waals surface area (Å²) in [6.45, 7) is 5.34. The monoisotopic (exact) mass is 284 g/mol. The molecule has 2 aromatic rings. The van der Waals surface area contributed by atoms with Gasteiger partial charge in [0.05, 0.1) is 6.04 Å². The molecule has 1 aromatic heterocycles. The fourth-order valence-corrected chi connectivity index (χ4v) is 2.21. The molecule has 0 aliphatic carbocycles. The van der Waals surface area contributed by atoms with Gasteiger partial charge >= 0.3 is 0 Å². The first-order valence-corrected chi connectivity index (χ1v) is 6.44. The van der Waals surface area contributed by atoms with Crippen LogP contribution in [0, 0.1) is 11.3 Å². The van der Waals surface area contributed by atoms with Crippen LogP contribution in [0.3, 0.4) is 0 Å². The number of halogens is 1. The van der Waals surface area contributed by atoms with E-state index in [2.05, 4.69) is 12.6 Å². The maximum absolute atomic E-state index is 11.7. The summed E-state index contributed by atoms with van der Waals surface area (Å²) in [6, 6.07) is 12.4. The topological polar surface area (TPSA) is 45.8 Å². The highest BCUT2D eigenvalue weighted by molar-refractivity contribution is 6.30. The molecule has 0 aliphatic heterocycles. The molecule has 1 atom stereocenters. The van der Waals surface area contributed by atoms with Crippen molar-refractivity contribution in [2.75, 3.05) is 0 Å². The Balaban J connectivity index is 2.57. The quantitative estimate of drug-likeness (QED) is 0.803. The van der Waals surface area contributed by atoms with Crippen molar-refractivity contribution in [1.82, 2.24) is 4.57 Å². The minimum atomic E-state index is -0.394. The van der Waals surface area contributed by atoms with Crippen molar-refractivity contribution in [1.29, 1.82) is 5.26 Å². The normalized spacial score (nSPS) is 11.7. The van der Waals surface area contributed by atoms with E-state index in [9.17, 15) is 4.79 Å². The number of nitriles is 1. The van der Waals surface area contributed by atoms with E-state index in [0.717, 1.165) is 5.56 Å². The maximum atomic E-state index is 11.7. The molecule has 0 fully saturated rings. The Kier molecular flexibility index (Phi) is 4.07. The first-order chi connectivity index (χ1) is 9.54. The fourth-order valence-electron chi connectivity index (χ4n) is 2.08. The standard InChI is InChI=1S/C16H13ClN2O/c1-11(12(2)20)16(13-5-7-14(17)8-6-13)19-9-3-4-15(19)10-18/h3-9,16H,1H2,2H3. The van der Waals surface area contributed by atoms with Crippen molar-refractivity contribution >= 4 is 17.4 Å². The van der Waals surface area contributed by atoms with Crippen LogP contribution in [0.25, 0.3) is 0 Å². The van der Waals surface area contributed by atoms with Crippen LogP contribution >= 0.6 is 11.6 Å². The summed E-state index contributed by atoms with van der Waals surface area (Å²) in [5.41, 5.74) is 1.77. The molecule has 3 nitrogen and oxygen atoms in total. The van der Waals surface area contributed by atoms with Crippen LogP contribution in [-0.2, 0) is 4.79 Å². The van der Waals surface area contributed by atoms with Gasteiger partial charge in [-0.1, -0.05) is 30.3 Å². The SMILES string of the molecule is C=C(C(C)=O)C(c1ccc(Cl)cc1)n1cccc1C#N. The highest BCUT2D eigenvalue weighted by Crippen LogP contribution is 2.28. The third-order valence-electron chi connectivity index (χ3n) is 3.14. The van der Waals surface area contributed by atoms with E-state index in [1.165, 1.54) is 6.92 Å². The number of allylic oxidation sites excluding steroid dienone is 1. The van der Waals surface area contributed by atoms with Crippen LogP contribution in [0.5, 0.6) is 0 Å². The third-order valence-corrected chi connectivity index (χ3v) is 3.39. The molecule has 1 unspecified atom stereocenters. The van der Waals surface area contributed by atoms with Crippen molar-refractivity contribution in [3.63, 3.8) is 0 Å². The molecular weight excluding hydrogens is 272 g/mol. The molecule has 4 heteroatoms. The summed E-state index contributed by atoms with van der Waals surface area (Å²) in [7, 11) is 0. The maximum Gasteiger partial charge on any atom is 0.157 e. The number of carbonyl (C=O) groups excluding carboxylic acids is 1. The van der Waals surface area contributed by atoms with E-state index in [1.54, 1.807) is 35.0 Å². The molecule has 0 N–H and O–H groups in total.